The maximum atomic E-state index is 6.06. The number of pyridine rings is 1. The summed E-state index contributed by atoms with van der Waals surface area (Å²) in [5.74, 6) is 0. The lowest BCUT2D eigenvalue weighted by Crippen LogP contribution is -2.07. The van der Waals surface area contributed by atoms with Gasteiger partial charge in [-0.25, -0.2) is 9.97 Å². The Hall–Kier alpha value is -1.82. The molecule has 144 valence electrons. The van der Waals surface area contributed by atoms with E-state index in [9.17, 15) is 0 Å². The van der Waals surface area contributed by atoms with E-state index in [1.807, 2.05) is 16.8 Å². The summed E-state index contributed by atoms with van der Waals surface area (Å²) in [4.78, 5) is 12.3. The van der Waals surface area contributed by atoms with Crippen molar-refractivity contribution in [2.45, 2.75) is 52.6 Å². The van der Waals surface area contributed by atoms with Crippen molar-refractivity contribution >= 4 is 43.1 Å². The summed E-state index contributed by atoms with van der Waals surface area (Å²) in [6.07, 6.45) is 4.93. The van der Waals surface area contributed by atoms with E-state index in [2.05, 4.69) is 44.0 Å². The first-order valence-corrected chi connectivity index (χ1v) is 11.8. The van der Waals surface area contributed by atoms with E-state index < -0.39 is 0 Å². The van der Waals surface area contributed by atoms with Gasteiger partial charge in [0.15, 0.2) is 0 Å². The van der Waals surface area contributed by atoms with E-state index in [0.717, 1.165) is 17.6 Å². The number of ether oxygens (including phenoxy) is 1. The van der Waals surface area contributed by atoms with Gasteiger partial charge in [-0.2, -0.15) is 0 Å². The van der Waals surface area contributed by atoms with Gasteiger partial charge in [0.2, 0.25) is 0 Å². The van der Waals surface area contributed by atoms with Crippen LogP contribution in [0.25, 0.3) is 31.6 Å². The van der Waals surface area contributed by atoms with Gasteiger partial charge in [0.1, 0.15) is 4.83 Å². The summed E-state index contributed by atoms with van der Waals surface area (Å²) in [5.41, 5.74) is 9.40. The zero-order valence-electron chi connectivity index (χ0n) is 16.5. The average Bonchev–Trinajstić information content (AvgIpc) is 3.30. The summed E-state index contributed by atoms with van der Waals surface area (Å²) >= 11 is 3.59. The number of aryl methyl sites for hydroxylation is 3. The van der Waals surface area contributed by atoms with Crippen LogP contribution in [0.5, 0.6) is 0 Å². The highest BCUT2D eigenvalue weighted by Gasteiger charge is 2.26. The van der Waals surface area contributed by atoms with Crippen LogP contribution in [0.3, 0.4) is 0 Å². The molecule has 0 saturated carbocycles. The zero-order valence-corrected chi connectivity index (χ0v) is 18.2. The number of thiophene rings is 1. The number of aromatic nitrogens is 2. The molecule has 0 saturated heterocycles. The third-order valence-corrected chi connectivity index (χ3v) is 7.77. The van der Waals surface area contributed by atoms with Crippen molar-refractivity contribution in [3.63, 3.8) is 0 Å². The van der Waals surface area contributed by atoms with Gasteiger partial charge < -0.3 is 4.74 Å². The van der Waals surface area contributed by atoms with Crippen LogP contribution in [0.2, 0.25) is 0 Å². The molecule has 0 bridgehead atoms. The molecule has 0 fully saturated rings. The highest BCUT2D eigenvalue weighted by Crippen LogP contribution is 2.45. The SMILES string of the molecule is CCOC(C)c1c(C)nc2sc3c(c2c1-c1ccc2scnc2c1)CCCC3. The normalized spacial score (nSPS) is 15.2. The molecule has 1 unspecified atom stereocenters. The minimum absolute atomic E-state index is 0.0159. The van der Waals surface area contributed by atoms with Gasteiger partial charge in [-0.3, -0.25) is 0 Å². The topological polar surface area (TPSA) is 35.0 Å². The molecule has 1 aliphatic rings. The molecule has 0 amide bonds. The van der Waals surface area contributed by atoms with Crippen LogP contribution in [0.4, 0.5) is 0 Å². The van der Waals surface area contributed by atoms with E-state index in [4.69, 9.17) is 9.72 Å². The van der Waals surface area contributed by atoms with E-state index in [0.29, 0.717) is 6.61 Å². The van der Waals surface area contributed by atoms with Crippen molar-refractivity contribution < 1.29 is 4.74 Å². The fourth-order valence-electron chi connectivity index (χ4n) is 4.56. The summed E-state index contributed by atoms with van der Waals surface area (Å²) in [5, 5.41) is 1.36. The molecule has 1 atom stereocenters. The van der Waals surface area contributed by atoms with Crippen LogP contribution in [-0.4, -0.2) is 16.6 Å². The summed E-state index contributed by atoms with van der Waals surface area (Å²) in [7, 11) is 0. The summed E-state index contributed by atoms with van der Waals surface area (Å²) in [6.45, 7) is 7.05. The summed E-state index contributed by atoms with van der Waals surface area (Å²) in [6, 6.07) is 6.71. The van der Waals surface area contributed by atoms with E-state index in [1.165, 1.54) is 61.3 Å². The Morgan fingerprint density at radius 1 is 1.21 bits per heavy atom. The molecule has 0 aliphatic heterocycles. The van der Waals surface area contributed by atoms with Crippen LogP contribution in [0.1, 0.15) is 54.5 Å². The first-order valence-electron chi connectivity index (χ1n) is 10.1. The molecule has 3 aromatic heterocycles. The van der Waals surface area contributed by atoms with Crippen molar-refractivity contribution in [1.82, 2.24) is 9.97 Å². The van der Waals surface area contributed by atoms with Gasteiger partial charge in [-0.1, -0.05) is 6.07 Å². The largest absolute Gasteiger partial charge is 0.374 e. The number of hydrogen-bond acceptors (Lipinski definition) is 5. The highest BCUT2D eigenvalue weighted by atomic mass is 32.1. The maximum absolute atomic E-state index is 6.06. The Morgan fingerprint density at radius 3 is 2.93 bits per heavy atom. The maximum Gasteiger partial charge on any atom is 0.124 e. The highest BCUT2D eigenvalue weighted by molar-refractivity contribution is 7.19. The number of hydrogen-bond donors (Lipinski definition) is 0. The fourth-order valence-corrected chi connectivity index (χ4v) is 6.54. The quantitative estimate of drug-likeness (QED) is 0.370. The molecular formula is C23H24N2OS2. The second kappa shape index (κ2) is 7.21. The molecule has 5 rings (SSSR count). The van der Waals surface area contributed by atoms with Gasteiger partial charge in [0, 0.05) is 28.1 Å². The Balaban J connectivity index is 1.86. The first-order chi connectivity index (χ1) is 13.7. The second-order valence-corrected chi connectivity index (χ2v) is 9.48. The summed E-state index contributed by atoms with van der Waals surface area (Å²) < 4.78 is 7.30. The molecule has 0 N–H and O–H groups in total. The molecular weight excluding hydrogens is 384 g/mol. The minimum atomic E-state index is 0.0159. The number of fused-ring (bicyclic) bond motifs is 4. The molecule has 3 heterocycles. The Labute approximate surface area is 173 Å². The number of benzene rings is 1. The molecule has 1 aliphatic carbocycles. The molecule has 28 heavy (non-hydrogen) atoms. The number of thiazole rings is 1. The molecule has 1 aromatic carbocycles. The van der Waals surface area contributed by atoms with E-state index in [-0.39, 0.29) is 6.10 Å². The molecule has 0 radical (unpaired) electrons. The standard InChI is InChI=1S/C23H24N2OS2/c1-4-26-14(3)20-13(2)25-23-22(16-7-5-6-8-18(16)28-23)21(20)15-9-10-19-17(11-15)24-12-27-19/h9-12,14H,4-8H2,1-3H3. The van der Waals surface area contributed by atoms with Gasteiger partial charge in [-0.05, 0) is 75.3 Å². The van der Waals surface area contributed by atoms with Crippen molar-refractivity contribution in [1.29, 1.82) is 0 Å². The van der Waals surface area contributed by atoms with Gasteiger partial charge in [-0.15, -0.1) is 22.7 Å². The molecule has 0 spiro atoms. The van der Waals surface area contributed by atoms with Crippen molar-refractivity contribution in [2.75, 3.05) is 6.61 Å². The van der Waals surface area contributed by atoms with Gasteiger partial charge in [0.25, 0.3) is 0 Å². The van der Waals surface area contributed by atoms with Gasteiger partial charge >= 0.3 is 0 Å². The average molecular weight is 409 g/mol. The Bertz CT molecular complexity index is 1170. The second-order valence-electron chi connectivity index (χ2n) is 7.51. The first kappa shape index (κ1) is 18.2. The lowest BCUT2D eigenvalue weighted by atomic mass is 9.88. The monoisotopic (exact) mass is 408 g/mol. The van der Waals surface area contributed by atoms with Crippen LogP contribution in [0.15, 0.2) is 23.7 Å². The van der Waals surface area contributed by atoms with Crippen LogP contribution in [0, 0.1) is 6.92 Å². The van der Waals surface area contributed by atoms with Gasteiger partial charge in [0.05, 0.1) is 21.8 Å². The van der Waals surface area contributed by atoms with Crippen molar-refractivity contribution in [3.05, 3.63) is 45.4 Å². The molecule has 5 heteroatoms. The van der Waals surface area contributed by atoms with Crippen LogP contribution in [-0.2, 0) is 17.6 Å². The smallest absolute Gasteiger partial charge is 0.124 e. The van der Waals surface area contributed by atoms with E-state index >= 15 is 0 Å². The Kier molecular flexibility index (Phi) is 4.69. The zero-order chi connectivity index (χ0) is 19.3. The van der Waals surface area contributed by atoms with Crippen molar-refractivity contribution in [2.24, 2.45) is 0 Å². The Morgan fingerprint density at radius 2 is 2.07 bits per heavy atom. The molecule has 3 nitrogen and oxygen atoms in total. The van der Waals surface area contributed by atoms with Crippen molar-refractivity contribution in [3.8, 4) is 11.1 Å². The minimum Gasteiger partial charge on any atom is -0.374 e. The number of rotatable bonds is 4. The number of nitrogens with zero attached hydrogens (tertiary/aromatic N) is 2. The lowest BCUT2D eigenvalue weighted by Gasteiger charge is -2.21. The molecule has 4 aromatic rings. The predicted octanol–water partition coefficient (Wildman–Crippen LogP) is 6.86. The predicted molar refractivity (Wildman–Crippen MR) is 120 cm³/mol. The van der Waals surface area contributed by atoms with Crippen LogP contribution < -0.4 is 0 Å². The fraction of sp³-hybridized carbons (Fsp3) is 0.391. The third-order valence-electron chi connectivity index (χ3n) is 5.77. The third kappa shape index (κ3) is 2.88. The van der Waals surface area contributed by atoms with Crippen LogP contribution >= 0.6 is 22.7 Å². The lowest BCUT2D eigenvalue weighted by molar-refractivity contribution is 0.0762. The van der Waals surface area contributed by atoms with E-state index in [1.54, 1.807) is 11.3 Å².